The lowest BCUT2D eigenvalue weighted by Crippen LogP contribution is -2.43. The van der Waals surface area contributed by atoms with Gasteiger partial charge in [0, 0.05) is 30.6 Å². The molecule has 4 nitrogen and oxygen atoms in total. The number of nitrogens with one attached hydrogen (secondary N) is 1. The molecule has 1 aromatic carbocycles. The van der Waals surface area contributed by atoms with Gasteiger partial charge < -0.3 is 15.0 Å². The van der Waals surface area contributed by atoms with E-state index in [0.29, 0.717) is 6.54 Å². The maximum absolute atomic E-state index is 13.3. The van der Waals surface area contributed by atoms with Gasteiger partial charge in [-0.05, 0) is 19.0 Å². The van der Waals surface area contributed by atoms with Crippen LogP contribution in [0, 0.1) is 5.92 Å². The van der Waals surface area contributed by atoms with Crippen LogP contribution in [0.15, 0.2) is 24.3 Å². The molecule has 1 aliphatic rings. The molecular weight excluding hydrogens is 340 g/mol. The van der Waals surface area contributed by atoms with Gasteiger partial charge in [-0.2, -0.15) is 17.6 Å². The summed E-state index contributed by atoms with van der Waals surface area (Å²) >= 11 is 0. The Balaban J connectivity index is 2.25. The van der Waals surface area contributed by atoms with Crippen LogP contribution in [0.4, 0.5) is 17.6 Å². The minimum absolute atomic E-state index is 0.0266. The SMILES string of the molecule is CC(C)C(=O)N(Cc1ccccc1OC(F)(F)C(F)F)[C@H]1CCNC1. The highest BCUT2D eigenvalue weighted by Crippen LogP contribution is 2.31. The van der Waals surface area contributed by atoms with Gasteiger partial charge in [0.2, 0.25) is 5.91 Å². The number of para-hydroxylation sites is 1. The largest absolute Gasteiger partial charge is 0.461 e. The van der Waals surface area contributed by atoms with Crippen LogP contribution in [0.1, 0.15) is 25.8 Å². The van der Waals surface area contributed by atoms with Crippen LogP contribution in [0.25, 0.3) is 0 Å². The number of halogens is 4. The number of hydrogen-bond acceptors (Lipinski definition) is 3. The summed E-state index contributed by atoms with van der Waals surface area (Å²) in [5.41, 5.74) is 0.267. The molecule has 1 fully saturated rings. The standard InChI is InChI=1S/C17H22F4N2O2/c1-11(2)15(24)23(13-7-8-22-9-13)10-12-5-3-4-6-14(12)25-17(20,21)16(18)19/h3-6,11,13,16,22H,7-10H2,1-2H3/t13-/m0/s1. The van der Waals surface area contributed by atoms with Crippen molar-refractivity contribution >= 4 is 5.91 Å². The molecule has 0 radical (unpaired) electrons. The van der Waals surface area contributed by atoms with E-state index >= 15 is 0 Å². The lowest BCUT2D eigenvalue weighted by atomic mass is 10.1. The van der Waals surface area contributed by atoms with Crippen molar-refractivity contribution in [2.75, 3.05) is 13.1 Å². The number of rotatable bonds is 7. The summed E-state index contributed by atoms with van der Waals surface area (Å²) in [5.74, 6) is -0.736. The van der Waals surface area contributed by atoms with Gasteiger partial charge in [0.1, 0.15) is 5.75 Å². The van der Waals surface area contributed by atoms with E-state index in [-0.39, 0.29) is 35.7 Å². The Kier molecular flexibility index (Phi) is 6.26. The summed E-state index contributed by atoms with van der Waals surface area (Å²) in [6.07, 6.45) is -7.78. The fourth-order valence-corrected chi connectivity index (χ4v) is 2.73. The topological polar surface area (TPSA) is 41.6 Å². The van der Waals surface area contributed by atoms with Gasteiger partial charge >= 0.3 is 12.5 Å². The van der Waals surface area contributed by atoms with Crippen LogP contribution >= 0.6 is 0 Å². The second kappa shape index (κ2) is 8.03. The van der Waals surface area contributed by atoms with Gasteiger partial charge in [0.25, 0.3) is 0 Å². The van der Waals surface area contributed by atoms with Crippen molar-refractivity contribution in [1.82, 2.24) is 10.2 Å². The van der Waals surface area contributed by atoms with Crippen LogP contribution in [-0.2, 0) is 11.3 Å². The maximum atomic E-state index is 13.3. The molecule has 2 rings (SSSR count). The molecule has 0 aromatic heterocycles. The second-order valence-corrected chi connectivity index (χ2v) is 6.34. The van der Waals surface area contributed by atoms with E-state index in [1.165, 1.54) is 18.2 Å². The highest BCUT2D eigenvalue weighted by atomic mass is 19.3. The molecule has 1 aromatic rings. The van der Waals surface area contributed by atoms with Crippen LogP contribution in [-0.4, -0.2) is 42.5 Å². The minimum Gasteiger partial charge on any atom is -0.428 e. The van der Waals surface area contributed by atoms with E-state index in [1.54, 1.807) is 24.8 Å². The van der Waals surface area contributed by atoms with Gasteiger partial charge in [0.05, 0.1) is 0 Å². The second-order valence-electron chi connectivity index (χ2n) is 6.34. The van der Waals surface area contributed by atoms with Crippen molar-refractivity contribution in [3.8, 4) is 5.75 Å². The smallest absolute Gasteiger partial charge is 0.428 e. The number of nitrogens with zero attached hydrogens (tertiary/aromatic N) is 1. The molecule has 0 spiro atoms. The summed E-state index contributed by atoms with van der Waals surface area (Å²) in [5, 5.41) is 3.16. The Morgan fingerprint density at radius 1 is 1.36 bits per heavy atom. The van der Waals surface area contributed by atoms with Crippen molar-refractivity contribution in [3.05, 3.63) is 29.8 Å². The van der Waals surface area contributed by atoms with E-state index in [9.17, 15) is 22.4 Å². The summed E-state index contributed by atoms with van der Waals surface area (Å²) < 4.78 is 55.7. The van der Waals surface area contributed by atoms with E-state index in [0.717, 1.165) is 13.0 Å². The lowest BCUT2D eigenvalue weighted by molar-refractivity contribution is -0.253. The molecule has 0 unspecified atom stereocenters. The van der Waals surface area contributed by atoms with Gasteiger partial charge in [-0.25, -0.2) is 0 Å². The van der Waals surface area contributed by atoms with E-state index in [1.807, 2.05) is 0 Å². The molecule has 1 N–H and O–H groups in total. The quantitative estimate of drug-likeness (QED) is 0.757. The third-order valence-electron chi connectivity index (χ3n) is 4.07. The number of amides is 1. The van der Waals surface area contributed by atoms with Crippen LogP contribution in [0.3, 0.4) is 0 Å². The Morgan fingerprint density at radius 3 is 2.60 bits per heavy atom. The van der Waals surface area contributed by atoms with Crippen molar-refractivity contribution in [2.24, 2.45) is 5.92 Å². The first-order chi connectivity index (χ1) is 11.7. The minimum atomic E-state index is -4.59. The Hall–Kier alpha value is -1.83. The average molecular weight is 362 g/mol. The monoisotopic (exact) mass is 362 g/mol. The number of ether oxygens (including phenoxy) is 1. The first-order valence-corrected chi connectivity index (χ1v) is 8.16. The van der Waals surface area contributed by atoms with Gasteiger partial charge in [0.15, 0.2) is 0 Å². The van der Waals surface area contributed by atoms with Crippen LogP contribution in [0.5, 0.6) is 5.75 Å². The number of hydrogen-bond donors (Lipinski definition) is 1. The van der Waals surface area contributed by atoms with Crippen molar-refractivity contribution in [1.29, 1.82) is 0 Å². The van der Waals surface area contributed by atoms with E-state index < -0.39 is 12.5 Å². The average Bonchev–Trinajstić information content (AvgIpc) is 3.07. The highest BCUT2D eigenvalue weighted by molar-refractivity contribution is 5.78. The maximum Gasteiger partial charge on any atom is 0.461 e. The van der Waals surface area contributed by atoms with Gasteiger partial charge in [-0.3, -0.25) is 4.79 Å². The van der Waals surface area contributed by atoms with Gasteiger partial charge in [-0.1, -0.05) is 32.0 Å². The zero-order valence-corrected chi connectivity index (χ0v) is 14.1. The number of carbonyl (C=O) groups excluding carboxylic acids is 1. The summed E-state index contributed by atoms with van der Waals surface area (Å²) in [6.45, 7) is 4.90. The summed E-state index contributed by atoms with van der Waals surface area (Å²) in [6, 6.07) is 5.65. The molecular formula is C17H22F4N2O2. The van der Waals surface area contributed by atoms with Crippen LogP contribution < -0.4 is 10.1 Å². The summed E-state index contributed by atoms with van der Waals surface area (Å²) in [7, 11) is 0. The zero-order chi connectivity index (χ0) is 18.6. The molecule has 1 heterocycles. The Labute approximate surface area is 144 Å². The molecule has 8 heteroatoms. The lowest BCUT2D eigenvalue weighted by Gasteiger charge is -2.31. The number of benzene rings is 1. The van der Waals surface area contributed by atoms with Crippen molar-refractivity contribution < 1.29 is 27.1 Å². The fraction of sp³-hybridized carbons (Fsp3) is 0.588. The third-order valence-corrected chi connectivity index (χ3v) is 4.07. The van der Waals surface area contributed by atoms with Crippen molar-refractivity contribution in [3.63, 3.8) is 0 Å². The first kappa shape index (κ1) is 19.5. The molecule has 1 saturated heterocycles. The first-order valence-electron chi connectivity index (χ1n) is 8.16. The van der Waals surface area contributed by atoms with E-state index in [4.69, 9.17) is 0 Å². The molecule has 0 bridgehead atoms. The number of alkyl halides is 4. The third kappa shape index (κ3) is 4.84. The number of carbonyl (C=O) groups is 1. The molecule has 1 aliphatic heterocycles. The highest BCUT2D eigenvalue weighted by Gasteiger charge is 2.44. The fourth-order valence-electron chi connectivity index (χ4n) is 2.73. The molecule has 1 atom stereocenters. The van der Waals surface area contributed by atoms with E-state index in [2.05, 4.69) is 10.1 Å². The van der Waals surface area contributed by atoms with Crippen LogP contribution in [0.2, 0.25) is 0 Å². The molecule has 0 saturated carbocycles. The van der Waals surface area contributed by atoms with Gasteiger partial charge in [-0.15, -0.1) is 0 Å². The molecule has 140 valence electrons. The Bertz CT molecular complexity index is 590. The predicted molar refractivity (Wildman–Crippen MR) is 84.7 cm³/mol. The molecule has 0 aliphatic carbocycles. The molecule has 1 amide bonds. The normalized spacial score (nSPS) is 18.0. The zero-order valence-electron chi connectivity index (χ0n) is 14.1. The Morgan fingerprint density at radius 2 is 2.04 bits per heavy atom. The predicted octanol–water partition coefficient (Wildman–Crippen LogP) is 3.27. The van der Waals surface area contributed by atoms with Crippen molar-refractivity contribution in [2.45, 2.75) is 45.4 Å². The molecule has 25 heavy (non-hydrogen) atoms. The summed E-state index contributed by atoms with van der Waals surface area (Å²) in [4.78, 5) is 14.1.